The highest BCUT2D eigenvalue weighted by molar-refractivity contribution is 8.00. The number of carbonyl (C=O) groups excluding carboxylic acids is 1. The van der Waals surface area contributed by atoms with Crippen molar-refractivity contribution in [2.24, 2.45) is 16.6 Å². The molecule has 1 aliphatic rings. The summed E-state index contributed by atoms with van der Waals surface area (Å²) < 4.78 is 145. The second-order valence-corrected chi connectivity index (χ2v) is 16.7. The van der Waals surface area contributed by atoms with Crippen molar-refractivity contribution in [3.05, 3.63) is 87.3 Å². The lowest BCUT2D eigenvalue weighted by molar-refractivity contribution is -0.141. The molecule has 1 aliphatic carbocycles. The molecule has 4 aromatic rings. The first-order chi connectivity index (χ1) is 27.8. The van der Waals surface area contributed by atoms with Crippen LogP contribution in [0.5, 0.6) is 0 Å². The number of halogens is 11. The summed E-state index contributed by atoms with van der Waals surface area (Å²) in [5.74, 6) is -2.46. The smallest absolute Gasteiger partial charge is 0.394 e. The third kappa shape index (κ3) is 10.8. The molecule has 1 amide bonds. The van der Waals surface area contributed by atoms with Crippen LogP contribution in [0.3, 0.4) is 0 Å². The summed E-state index contributed by atoms with van der Waals surface area (Å²) in [6.45, 7) is 2.03. The van der Waals surface area contributed by atoms with Gasteiger partial charge in [0.15, 0.2) is 5.82 Å². The molecule has 5 rings (SSSR count). The van der Waals surface area contributed by atoms with E-state index in [0.717, 1.165) is 31.0 Å². The lowest BCUT2D eigenvalue weighted by atomic mass is 9.93. The zero-order valence-corrected chi connectivity index (χ0v) is 34.7. The minimum Gasteiger partial charge on any atom is -0.394 e. The van der Waals surface area contributed by atoms with E-state index in [1.165, 1.54) is 36.0 Å². The fraction of sp³-hybridized carbons (Fsp3) is 0.385. The SMILES string of the molecule is CSNc1nn(CC(F)(F)F)c2c(-c3ccc(C#CC(C)(C)SC)nc3C(Cc3cc(F)cc(F)c3)NC(=O)CN=C3/C(=C(\N)C(F)(F)F)[C@@H](C)CC3(F)F)ccc(Cl)c12. The Morgan fingerprint density at radius 1 is 1.07 bits per heavy atom. The van der Waals surface area contributed by atoms with Crippen molar-refractivity contribution in [3.63, 3.8) is 0 Å². The third-order valence-corrected chi connectivity index (χ3v) is 11.1. The Balaban J connectivity index is 1.75. The molecule has 0 saturated heterocycles. The van der Waals surface area contributed by atoms with Crippen LogP contribution in [-0.4, -0.2) is 68.5 Å². The number of anilines is 1. The largest absolute Gasteiger partial charge is 0.431 e. The van der Waals surface area contributed by atoms with Gasteiger partial charge in [0.1, 0.15) is 41.8 Å². The molecule has 0 spiro atoms. The Morgan fingerprint density at radius 2 is 1.72 bits per heavy atom. The highest BCUT2D eigenvalue weighted by Crippen LogP contribution is 2.44. The predicted molar refractivity (Wildman–Crippen MR) is 215 cm³/mol. The van der Waals surface area contributed by atoms with Crippen molar-refractivity contribution in [2.75, 3.05) is 23.8 Å². The Labute approximate surface area is 351 Å². The van der Waals surface area contributed by atoms with E-state index in [1.54, 1.807) is 6.26 Å². The van der Waals surface area contributed by atoms with Gasteiger partial charge in [0.25, 0.3) is 5.92 Å². The number of nitrogens with zero attached hydrogens (tertiary/aromatic N) is 4. The van der Waals surface area contributed by atoms with Crippen LogP contribution in [0.4, 0.5) is 49.7 Å². The molecule has 322 valence electrons. The molecule has 2 aromatic heterocycles. The van der Waals surface area contributed by atoms with Gasteiger partial charge < -0.3 is 15.8 Å². The molecule has 0 bridgehead atoms. The topological polar surface area (TPSA) is 110 Å². The number of allylic oxidation sites excluding steroid dienone is 2. The number of rotatable bonds is 11. The van der Waals surface area contributed by atoms with Crippen LogP contribution in [0.1, 0.15) is 50.2 Å². The van der Waals surface area contributed by atoms with Gasteiger partial charge in [0.05, 0.1) is 32.4 Å². The van der Waals surface area contributed by atoms with Gasteiger partial charge in [-0.25, -0.2) is 13.8 Å². The van der Waals surface area contributed by atoms with E-state index < -0.39 is 95.4 Å². The second-order valence-electron chi connectivity index (χ2n) is 14.2. The molecule has 1 fully saturated rings. The Bertz CT molecular complexity index is 2400. The van der Waals surface area contributed by atoms with Gasteiger partial charge >= 0.3 is 12.4 Å². The molecule has 4 N–H and O–H groups in total. The summed E-state index contributed by atoms with van der Waals surface area (Å²) in [5, 5.41) is 6.80. The summed E-state index contributed by atoms with van der Waals surface area (Å²) in [7, 11) is 0. The lowest BCUT2D eigenvalue weighted by Crippen LogP contribution is -2.34. The quantitative estimate of drug-likeness (QED) is 0.0781. The summed E-state index contributed by atoms with van der Waals surface area (Å²) in [5.41, 5.74) is 1.13. The zero-order chi connectivity index (χ0) is 44.5. The van der Waals surface area contributed by atoms with Crippen LogP contribution in [0.2, 0.25) is 5.02 Å². The maximum atomic E-state index is 15.1. The number of nitrogens with one attached hydrogen (secondary N) is 2. The van der Waals surface area contributed by atoms with Gasteiger partial charge in [-0.1, -0.05) is 42.5 Å². The number of nitrogens with two attached hydrogens (primary N) is 1. The van der Waals surface area contributed by atoms with Crippen LogP contribution in [0.25, 0.3) is 22.0 Å². The van der Waals surface area contributed by atoms with E-state index in [4.69, 9.17) is 22.3 Å². The average Bonchev–Trinajstić information content (AvgIpc) is 3.59. The number of alkyl halides is 8. The number of carbonyl (C=O) groups is 1. The van der Waals surface area contributed by atoms with E-state index in [9.17, 15) is 39.9 Å². The van der Waals surface area contributed by atoms with Crippen molar-refractivity contribution in [3.8, 4) is 23.0 Å². The first-order valence-electron chi connectivity index (χ1n) is 17.7. The van der Waals surface area contributed by atoms with Gasteiger partial charge in [0, 0.05) is 35.4 Å². The minimum atomic E-state index is -5.19. The maximum absolute atomic E-state index is 15.1. The molecule has 0 radical (unpaired) electrons. The molecule has 1 unspecified atom stereocenters. The van der Waals surface area contributed by atoms with E-state index in [-0.39, 0.29) is 49.8 Å². The standard InChI is InChI=1S/C39H36ClF10N7OS2/c1-19-16-37(43,44)34(29(19)33(51)39(48,49)50)52-17-28(58)54-27(14-20-12-21(41)15-22(42)13-20)31-24(7-6-23(53-31)10-11-36(2,3)59-4)25-8-9-26(40)30-32(25)57(18-38(45,46)47)55-35(30)56-60-5/h6-9,12-13,15,19,27H,14,16-18,51H2,1-5H3,(H,54,58)(H,55,56)/b33-29-,52-34?/t19-,27?/m0/s1. The lowest BCUT2D eigenvalue weighted by Gasteiger charge is -2.23. The van der Waals surface area contributed by atoms with Crippen LogP contribution < -0.4 is 15.8 Å². The second kappa shape index (κ2) is 17.8. The minimum absolute atomic E-state index is 0.0123. The Kier molecular flexibility index (Phi) is 13.8. The predicted octanol–water partition coefficient (Wildman–Crippen LogP) is 10.1. The highest BCUT2D eigenvalue weighted by Gasteiger charge is 2.52. The monoisotopic (exact) mass is 907 g/mol. The number of aromatic nitrogens is 3. The van der Waals surface area contributed by atoms with Crippen molar-refractivity contribution in [2.45, 2.75) is 69.2 Å². The molecule has 2 heterocycles. The van der Waals surface area contributed by atoms with E-state index in [2.05, 4.69) is 32.0 Å². The molecular weight excluding hydrogens is 872 g/mol. The van der Waals surface area contributed by atoms with E-state index >= 15 is 8.78 Å². The molecule has 21 heteroatoms. The van der Waals surface area contributed by atoms with Gasteiger partial charge in [-0.15, -0.1) is 11.8 Å². The first-order valence-corrected chi connectivity index (χ1v) is 20.6. The molecule has 0 aliphatic heterocycles. The van der Waals surface area contributed by atoms with E-state index in [1.807, 2.05) is 20.1 Å². The molecule has 8 nitrogen and oxygen atoms in total. The Hall–Kier alpha value is -4.61. The van der Waals surface area contributed by atoms with Gasteiger partial charge in [-0.2, -0.15) is 40.2 Å². The molecular formula is C39H36ClF10N7OS2. The summed E-state index contributed by atoms with van der Waals surface area (Å²) in [6.07, 6.45) is -8.05. The number of hydrogen-bond acceptors (Lipinski definition) is 8. The van der Waals surface area contributed by atoms with E-state index in [0.29, 0.717) is 10.7 Å². The summed E-state index contributed by atoms with van der Waals surface area (Å²) >= 11 is 9.00. The van der Waals surface area contributed by atoms with Crippen LogP contribution in [-0.2, 0) is 17.8 Å². The van der Waals surface area contributed by atoms with Crippen molar-refractivity contribution >= 4 is 63.7 Å². The van der Waals surface area contributed by atoms with Crippen molar-refractivity contribution in [1.82, 2.24) is 20.1 Å². The van der Waals surface area contributed by atoms with Gasteiger partial charge in [-0.05, 0) is 74.3 Å². The van der Waals surface area contributed by atoms with Crippen LogP contribution >= 0.6 is 35.3 Å². The number of aliphatic imine (C=N–C) groups is 1. The number of amides is 1. The summed E-state index contributed by atoms with van der Waals surface area (Å²) in [4.78, 5) is 22.0. The normalized spacial score (nSPS) is 17.7. The fourth-order valence-corrected chi connectivity index (χ4v) is 7.32. The third-order valence-electron chi connectivity index (χ3n) is 9.25. The highest BCUT2D eigenvalue weighted by atomic mass is 35.5. The van der Waals surface area contributed by atoms with Crippen LogP contribution in [0, 0.1) is 29.4 Å². The molecule has 1 saturated carbocycles. The number of fused-ring (bicyclic) bond motifs is 1. The molecule has 2 atom stereocenters. The summed E-state index contributed by atoms with van der Waals surface area (Å²) in [6, 6.07) is 6.73. The maximum Gasteiger partial charge on any atom is 0.431 e. The van der Waals surface area contributed by atoms with Crippen LogP contribution in [0.15, 0.2) is 58.7 Å². The Morgan fingerprint density at radius 3 is 2.32 bits per heavy atom. The van der Waals surface area contributed by atoms with Crippen molar-refractivity contribution in [1.29, 1.82) is 0 Å². The number of thioether (sulfide) groups is 1. The van der Waals surface area contributed by atoms with Gasteiger partial charge in [-0.3, -0.25) is 14.5 Å². The number of hydrogen-bond donors (Lipinski definition) is 3. The molecule has 60 heavy (non-hydrogen) atoms. The van der Waals surface area contributed by atoms with Gasteiger partial charge in [0.2, 0.25) is 5.91 Å². The average molecular weight is 908 g/mol. The first kappa shape index (κ1) is 46.5. The number of benzene rings is 2. The van der Waals surface area contributed by atoms with Crippen molar-refractivity contribution < 1.29 is 48.7 Å². The fourth-order valence-electron chi connectivity index (χ4n) is 6.59. The number of pyridine rings is 1. The molecule has 2 aromatic carbocycles. The zero-order valence-electron chi connectivity index (χ0n) is 32.3.